The van der Waals surface area contributed by atoms with Crippen LogP contribution in [-0.2, 0) is 0 Å². The summed E-state index contributed by atoms with van der Waals surface area (Å²) in [4.78, 5) is 0. The number of hydrogen-bond acceptors (Lipinski definition) is 0. The van der Waals surface area contributed by atoms with Crippen LogP contribution in [-0.4, -0.2) is 0 Å². The smallest absolute Gasteiger partial charge is 0.0207 e. The molecule has 50 heavy (non-hydrogen) atoms. The molecule has 2 atom stereocenters. The average molecular weight is 700 g/mol. The van der Waals surface area contributed by atoms with Crippen LogP contribution in [0.1, 0.15) is 291 Å². The van der Waals surface area contributed by atoms with Crippen molar-refractivity contribution in [2.75, 3.05) is 0 Å². The van der Waals surface area contributed by atoms with Gasteiger partial charge in [-0.05, 0) is 69.1 Å². The minimum Gasteiger partial charge on any atom is -0.0885 e. The first-order chi connectivity index (χ1) is 24.7. The van der Waals surface area contributed by atoms with Gasteiger partial charge < -0.3 is 0 Å². The van der Waals surface area contributed by atoms with Gasteiger partial charge in [0.05, 0.1) is 0 Å². The molecule has 0 aromatic rings. The molecule has 0 aliphatic heterocycles. The Bertz CT molecular complexity index is 618. The van der Waals surface area contributed by atoms with E-state index in [4.69, 9.17) is 0 Å². The predicted molar refractivity (Wildman–Crippen MR) is 232 cm³/mol. The molecule has 0 aliphatic carbocycles. The lowest BCUT2D eigenvalue weighted by Gasteiger charge is -2.31. The Morgan fingerprint density at radius 1 is 0.320 bits per heavy atom. The first kappa shape index (κ1) is 49.7. The third-order valence-corrected chi connectivity index (χ3v) is 11.9. The Kier molecular flexibility index (Phi) is 42.9. The molecule has 0 aromatic carbocycles. The molecule has 0 bridgehead atoms. The van der Waals surface area contributed by atoms with Gasteiger partial charge in [-0.2, -0.15) is 0 Å². The van der Waals surface area contributed by atoms with Crippen molar-refractivity contribution in [3.63, 3.8) is 0 Å². The third-order valence-electron chi connectivity index (χ3n) is 11.9. The van der Waals surface area contributed by atoms with Crippen molar-refractivity contribution in [1.29, 1.82) is 0 Å². The molecule has 0 aromatic heterocycles. The predicted octanol–water partition coefficient (Wildman–Crippen LogP) is 19.1. The van der Waals surface area contributed by atoms with E-state index in [1.807, 2.05) is 0 Å². The minimum absolute atomic E-state index is 0.920. The van der Waals surface area contributed by atoms with Crippen LogP contribution in [0.15, 0.2) is 12.2 Å². The summed E-state index contributed by atoms with van der Waals surface area (Å²) in [6, 6.07) is 0. The molecule has 0 N–H and O–H groups in total. The lowest BCUT2D eigenvalue weighted by molar-refractivity contribution is 0.319. The van der Waals surface area contributed by atoms with E-state index >= 15 is 0 Å². The fraction of sp³-hybridized carbons (Fsp3) is 0.940. The highest BCUT2D eigenvalue weighted by Gasteiger charge is 2.25. The molecule has 0 spiro atoms. The number of hydrogen-bond donors (Lipinski definition) is 0. The van der Waals surface area contributed by atoms with Crippen LogP contribution in [0.3, 0.4) is 0 Å². The molecular weight excluding hydrogens is 601 g/mol. The summed E-state index contributed by atoms with van der Waals surface area (Å²) in [5.74, 6) is 3.94. The largest absolute Gasteiger partial charge is 0.0885 e. The summed E-state index contributed by atoms with van der Waals surface area (Å²) in [5.41, 5.74) is 0. The van der Waals surface area contributed by atoms with Gasteiger partial charge in [-0.3, -0.25) is 0 Å². The van der Waals surface area contributed by atoms with Crippen LogP contribution < -0.4 is 0 Å². The Labute approximate surface area is 320 Å². The molecule has 299 valence electrons. The monoisotopic (exact) mass is 700 g/mol. The molecule has 0 aliphatic rings. The van der Waals surface area contributed by atoms with Crippen LogP contribution in [0, 0.1) is 17.8 Å². The van der Waals surface area contributed by atoms with Gasteiger partial charge in [0.2, 0.25) is 0 Å². The zero-order valence-corrected chi connectivity index (χ0v) is 36.1. The quantitative estimate of drug-likeness (QED) is 0.0439. The lowest BCUT2D eigenvalue weighted by Crippen LogP contribution is -2.18. The Hall–Kier alpha value is -0.260. The van der Waals surface area contributed by atoms with Crippen molar-refractivity contribution >= 4 is 0 Å². The van der Waals surface area contributed by atoms with Gasteiger partial charge in [0.1, 0.15) is 0 Å². The highest BCUT2D eigenvalue weighted by atomic mass is 14.3. The zero-order chi connectivity index (χ0) is 36.4. The van der Waals surface area contributed by atoms with Crippen molar-refractivity contribution in [3.8, 4) is 0 Å². The van der Waals surface area contributed by atoms with Crippen molar-refractivity contribution in [2.24, 2.45) is 11.8 Å². The molecule has 0 saturated carbocycles. The highest BCUT2D eigenvalue weighted by molar-refractivity contribution is 4.98. The Morgan fingerprint density at radius 2 is 0.620 bits per heavy atom. The molecule has 0 saturated heterocycles. The summed E-state index contributed by atoms with van der Waals surface area (Å²) in [6.45, 7) is 11.8. The van der Waals surface area contributed by atoms with Crippen molar-refractivity contribution < 1.29 is 0 Å². The van der Waals surface area contributed by atoms with Crippen LogP contribution in [0.2, 0.25) is 0 Å². The first-order valence-electron chi connectivity index (χ1n) is 24.2. The zero-order valence-electron chi connectivity index (χ0n) is 36.1. The van der Waals surface area contributed by atoms with E-state index in [2.05, 4.69) is 52.7 Å². The topological polar surface area (TPSA) is 0 Å². The van der Waals surface area contributed by atoms with Gasteiger partial charge in [-0.25, -0.2) is 0 Å². The third kappa shape index (κ3) is 36.1. The van der Waals surface area contributed by atoms with Gasteiger partial charge in [-0.1, -0.05) is 252 Å². The van der Waals surface area contributed by atoms with Gasteiger partial charge in [0, 0.05) is 0 Å². The standard InChI is InChI=1S/C50H99/c1-6-11-16-21-24-25-26-27-28-29-30-31-32-33-36-41-46-50(49(44-39-20-15-10-5)45-40-35-23-18-13-8-3)47-48(42-37-19-14-9-4)43-38-34-22-17-12-7-2/h27-28,48-49H,6-26,29-47H2,1-5H3/b28-27-. The second kappa shape index (κ2) is 43.1. The van der Waals surface area contributed by atoms with Crippen molar-refractivity contribution in [3.05, 3.63) is 18.1 Å². The normalized spacial score (nSPS) is 13.2. The molecule has 0 heteroatoms. The lowest BCUT2D eigenvalue weighted by atomic mass is 9.74. The Balaban J connectivity index is 5.05. The molecule has 1 radical (unpaired) electrons. The summed E-state index contributed by atoms with van der Waals surface area (Å²) in [7, 11) is 0. The van der Waals surface area contributed by atoms with E-state index in [9.17, 15) is 0 Å². The van der Waals surface area contributed by atoms with Gasteiger partial charge in [0.25, 0.3) is 0 Å². The molecule has 0 amide bonds. The number of allylic oxidation sites excluding steroid dienone is 2. The second-order valence-electron chi connectivity index (χ2n) is 16.9. The summed E-state index contributed by atoms with van der Waals surface area (Å²) >= 11 is 0. The van der Waals surface area contributed by atoms with E-state index in [0.29, 0.717) is 0 Å². The van der Waals surface area contributed by atoms with Crippen LogP contribution in [0.25, 0.3) is 0 Å². The Morgan fingerprint density at radius 3 is 1.02 bits per heavy atom. The van der Waals surface area contributed by atoms with Crippen LogP contribution in [0.5, 0.6) is 0 Å². The van der Waals surface area contributed by atoms with E-state index in [-0.39, 0.29) is 0 Å². The second-order valence-corrected chi connectivity index (χ2v) is 16.9. The molecule has 0 heterocycles. The SMILES string of the molecule is CCCCCCCC/C=C\CCCCCCCC[C](CC(CCCCCC)CCCCCCCC)C(CCCCCC)CCCCCCCC. The maximum Gasteiger partial charge on any atom is -0.0207 e. The van der Waals surface area contributed by atoms with Gasteiger partial charge in [-0.15, -0.1) is 0 Å². The molecule has 2 unspecified atom stereocenters. The fourth-order valence-electron chi connectivity index (χ4n) is 8.41. The minimum atomic E-state index is 0.920. The maximum absolute atomic E-state index is 2.49. The van der Waals surface area contributed by atoms with Crippen LogP contribution >= 0.6 is 0 Å². The summed E-state index contributed by atoms with van der Waals surface area (Å²) < 4.78 is 0. The van der Waals surface area contributed by atoms with Gasteiger partial charge >= 0.3 is 0 Å². The molecule has 0 fully saturated rings. The highest BCUT2D eigenvalue weighted by Crippen LogP contribution is 2.38. The van der Waals surface area contributed by atoms with Crippen molar-refractivity contribution in [1.82, 2.24) is 0 Å². The van der Waals surface area contributed by atoms with E-state index in [1.165, 1.54) is 257 Å². The number of rotatable bonds is 43. The average Bonchev–Trinajstić information content (AvgIpc) is 3.12. The van der Waals surface area contributed by atoms with E-state index < -0.39 is 0 Å². The number of unbranched alkanes of at least 4 members (excludes halogenated alkanes) is 28. The van der Waals surface area contributed by atoms with E-state index in [1.54, 1.807) is 0 Å². The van der Waals surface area contributed by atoms with Gasteiger partial charge in [0.15, 0.2) is 0 Å². The fourth-order valence-corrected chi connectivity index (χ4v) is 8.41. The molecule has 0 rings (SSSR count). The first-order valence-corrected chi connectivity index (χ1v) is 24.2. The molecular formula is C50H99. The van der Waals surface area contributed by atoms with E-state index in [0.717, 1.165) is 11.8 Å². The molecule has 0 nitrogen and oxygen atoms in total. The summed E-state index contributed by atoms with van der Waals surface area (Å²) in [5, 5.41) is 0. The summed E-state index contributed by atoms with van der Waals surface area (Å²) in [6.07, 6.45) is 62.6. The van der Waals surface area contributed by atoms with Crippen molar-refractivity contribution in [2.45, 2.75) is 291 Å². The van der Waals surface area contributed by atoms with Crippen LogP contribution in [0.4, 0.5) is 0 Å². The maximum atomic E-state index is 2.49.